The molecule has 0 bridgehead atoms. The summed E-state index contributed by atoms with van der Waals surface area (Å²) in [6, 6.07) is 4.43. The van der Waals surface area contributed by atoms with Crippen LogP contribution in [0.15, 0.2) is 48.5 Å². The molecule has 4 rings (SSSR count). The van der Waals surface area contributed by atoms with Crippen molar-refractivity contribution in [2.24, 2.45) is 5.11 Å². The first-order valence-corrected chi connectivity index (χ1v) is 8.28. The van der Waals surface area contributed by atoms with Crippen LogP contribution >= 0.6 is 0 Å². The fourth-order valence-electron chi connectivity index (χ4n) is 2.89. The number of azide groups is 1. The molecule has 3 heterocycles. The van der Waals surface area contributed by atoms with Crippen molar-refractivity contribution in [3.8, 4) is 5.69 Å². The summed E-state index contributed by atoms with van der Waals surface area (Å²) in [6.45, 7) is 0.631. The predicted octanol–water partition coefficient (Wildman–Crippen LogP) is 2.29. The van der Waals surface area contributed by atoms with Crippen LogP contribution in [0.4, 0.5) is 14.9 Å². The molecule has 11 nitrogen and oxygen atoms in total. The lowest BCUT2D eigenvalue weighted by atomic mass is 10.2. The minimum Gasteiger partial charge on any atom is -0.444 e. The fraction of sp³-hybridized carbons (Fsp3) is 0.250. The minimum atomic E-state index is -0.608. The van der Waals surface area contributed by atoms with Gasteiger partial charge in [0.05, 0.1) is 43.0 Å². The number of benzene rings is 1. The van der Waals surface area contributed by atoms with Crippen molar-refractivity contribution in [1.29, 1.82) is 0 Å². The van der Waals surface area contributed by atoms with Gasteiger partial charge in [-0.15, -0.1) is 0 Å². The molecule has 12 heteroatoms. The van der Waals surface area contributed by atoms with E-state index in [1.165, 1.54) is 23.6 Å². The van der Waals surface area contributed by atoms with Gasteiger partial charge in [0.1, 0.15) is 24.6 Å². The molecule has 0 N–H and O–H groups in total. The lowest BCUT2D eigenvalue weighted by Gasteiger charge is -2.14. The number of cyclic esters (lactones) is 1. The van der Waals surface area contributed by atoms with Gasteiger partial charge < -0.3 is 9.30 Å². The van der Waals surface area contributed by atoms with Gasteiger partial charge in [-0.3, -0.25) is 4.90 Å². The smallest absolute Gasteiger partial charge is 0.414 e. The lowest BCUT2D eigenvalue weighted by Crippen LogP contribution is -2.25. The van der Waals surface area contributed by atoms with Crippen molar-refractivity contribution >= 4 is 11.8 Å². The van der Waals surface area contributed by atoms with Gasteiger partial charge in [-0.2, -0.15) is 5.10 Å². The normalized spacial score (nSPS) is 16.1. The van der Waals surface area contributed by atoms with Crippen molar-refractivity contribution in [2.75, 3.05) is 18.0 Å². The van der Waals surface area contributed by atoms with Gasteiger partial charge in [-0.25, -0.2) is 23.8 Å². The summed E-state index contributed by atoms with van der Waals surface area (Å²) in [5, 5.41) is 7.40. The Bertz CT molecular complexity index is 1040. The van der Waals surface area contributed by atoms with Crippen LogP contribution in [0, 0.1) is 5.82 Å². The van der Waals surface area contributed by atoms with E-state index in [-0.39, 0.29) is 13.1 Å². The average molecular weight is 383 g/mol. The second kappa shape index (κ2) is 7.37. The van der Waals surface area contributed by atoms with Crippen LogP contribution in [0.25, 0.3) is 16.1 Å². The van der Waals surface area contributed by atoms with E-state index in [1.54, 1.807) is 33.9 Å². The van der Waals surface area contributed by atoms with Crippen LogP contribution < -0.4 is 4.90 Å². The maximum absolute atomic E-state index is 14.7. The maximum Gasteiger partial charge on any atom is 0.414 e. The predicted molar refractivity (Wildman–Crippen MR) is 94.3 cm³/mol. The Hall–Kier alpha value is -3.92. The summed E-state index contributed by atoms with van der Waals surface area (Å²) < 4.78 is 23.0. The Morgan fingerprint density at radius 3 is 3.04 bits per heavy atom. The minimum absolute atomic E-state index is 0.0306. The number of carbonyl (C=O) groups is 1. The van der Waals surface area contributed by atoms with Crippen LogP contribution in [-0.2, 0) is 11.3 Å². The third kappa shape index (κ3) is 3.48. The highest BCUT2D eigenvalue weighted by Crippen LogP contribution is 2.25. The fourth-order valence-corrected chi connectivity index (χ4v) is 2.89. The largest absolute Gasteiger partial charge is 0.444 e. The van der Waals surface area contributed by atoms with Crippen molar-refractivity contribution in [2.45, 2.75) is 12.6 Å². The molecular formula is C16H14FN9O2. The number of rotatable bonds is 6. The molecule has 1 aromatic carbocycles. The monoisotopic (exact) mass is 383 g/mol. The quantitative estimate of drug-likeness (QED) is 0.366. The highest BCUT2D eigenvalue weighted by molar-refractivity contribution is 5.89. The summed E-state index contributed by atoms with van der Waals surface area (Å²) >= 11 is 0. The number of anilines is 1. The lowest BCUT2D eigenvalue weighted by molar-refractivity contribution is 0.145. The van der Waals surface area contributed by atoms with Gasteiger partial charge in [0.2, 0.25) is 0 Å². The number of hydrogen-bond donors (Lipinski definition) is 0. The molecule has 28 heavy (non-hydrogen) atoms. The summed E-state index contributed by atoms with van der Waals surface area (Å²) in [7, 11) is 0. The van der Waals surface area contributed by atoms with E-state index in [1.807, 2.05) is 0 Å². The molecule has 2 aromatic heterocycles. The van der Waals surface area contributed by atoms with E-state index in [0.29, 0.717) is 23.6 Å². The second-order valence-corrected chi connectivity index (χ2v) is 6.03. The Morgan fingerprint density at radius 2 is 2.29 bits per heavy atom. The first-order valence-electron chi connectivity index (χ1n) is 8.28. The van der Waals surface area contributed by atoms with E-state index in [2.05, 4.69) is 25.1 Å². The molecule has 0 spiro atoms. The SMILES string of the molecule is [N-]=[N+]=NC[C@H]1CN(c2ccc(-n3cnc(Cn4cncn4)c3)c(F)c2)C(=O)O1. The molecule has 0 aliphatic carbocycles. The highest BCUT2D eigenvalue weighted by Gasteiger charge is 2.32. The van der Waals surface area contributed by atoms with E-state index < -0.39 is 18.0 Å². The Labute approximate surface area is 157 Å². The first-order chi connectivity index (χ1) is 13.6. The molecular weight excluding hydrogens is 369 g/mol. The van der Waals surface area contributed by atoms with E-state index in [0.717, 1.165) is 0 Å². The zero-order valence-corrected chi connectivity index (χ0v) is 14.5. The standard InChI is InChI=1S/C16H14FN9O2/c17-14-3-12(26-7-13(4-21-23-18)28-16(26)27)1-2-15(14)24-5-11(20-10-24)6-25-9-19-8-22-25/h1-3,5,8-10,13H,4,6-7H2/t13-/m0/s1. The molecule has 0 unspecified atom stereocenters. The number of ether oxygens (including phenoxy) is 1. The van der Waals surface area contributed by atoms with E-state index >= 15 is 0 Å². The van der Waals surface area contributed by atoms with Crippen LogP contribution in [0.3, 0.4) is 0 Å². The Balaban J connectivity index is 1.51. The molecule has 3 aromatic rings. The Kier molecular flexibility index (Phi) is 4.60. The molecule has 1 fully saturated rings. The summed E-state index contributed by atoms with van der Waals surface area (Å²) in [5.41, 5.74) is 9.71. The van der Waals surface area contributed by atoms with Gasteiger partial charge >= 0.3 is 6.09 Å². The topological polar surface area (TPSA) is 127 Å². The van der Waals surface area contributed by atoms with Crippen LogP contribution in [-0.4, -0.2) is 49.6 Å². The second-order valence-electron chi connectivity index (χ2n) is 6.03. The van der Waals surface area contributed by atoms with Gasteiger partial charge in [0.15, 0.2) is 0 Å². The third-order valence-corrected chi connectivity index (χ3v) is 4.17. The third-order valence-electron chi connectivity index (χ3n) is 4.17. The van der Waals surface area contributed by atoms with Crippen LogP contribution in [0.5, 0.6) is 0 Å². The zero-order valence-electron chi connectivity index (χ0n) is 14.5. The van der Waals surface area contributed by atoms with Gasteiger partial charge in [-0.05, 0) is 23.7 Å². The van der Waals surface area contributed by atoms with Crippen LogP contribution in [0.2, 0.25) is 0 Å². The first kappa shape index (κ1) is 17.5. The van der Waals surface area contributed by atoms with E-state index in [4.69, 9.17) is 10.3 Å². The summed E-state index contributed by atoms with van der Waals surface area (Å²) in [5.74, 6) is -0.520. The molecule has 1 amide bonds. The van der Waals surface area contributed by atoms with Gasteiger partial charge in [0.25, 0.3) is 0 Å². The molecule has 0 saturated carbocycles. The van der Waals surface area contributed by atoms with Gasteiger partial charge in [-0.1, -0.05) is 5.11 Å². The van der Waals surface area contributed by atoms with Crippen molar-refractivity contribution in [3.63, 3.8) is 0 Å². The summed E-state index contributed by atoms with van der Waals surface area (Å²) in [6.07, 6.45) is 5.03. The number of amides is 1. The molecule has 1 saturated heterocycles. The van der Waals surface area contributed by atoms with Crippen molar-refractivity contribution in [1.82, 2.24) is 24.3 Å². The van der Waals surface area contributed by atoms with Crippen LogP contribution in [0.1, 0.15) is 5.69 Å². The molecule has 0 radical (unpaired) electrons. The number of halogens is 1. The van der Waals surface area contributed by atoms with E-state index in [9.17, 15) is 9.18 Å². The maximum atomic E-state index is 14.7. The summed E-state index contributed by atoms with van der Waals surface area (Å²) in [4.78, 5) is 24.0. The number of carbonyl (C=O) groups excluding carboxylic acids is 1. The number of aromatic nitrogens is 5. The van der Waals surface area contributed by atoms with Crippen molar-refractivity contribution < 1.29 is 13.9 Å². The average Bonchev–Trinajstić information content (AvgIpc) is 3.42. The van der Waals surface area contributed by atoms with Crippen molar-refractivity contribution in [3.05, 3.63) is 65.3 Å². The number of nitrogens with zero attached hydrogens (tertiary/aromatic N) is 9. The Morgan fingerprint density at radius 1 is 1.39 bits per heavy atom. The number of imidazole rings is 1. The molecule has 1 atom stereocenters. The molecule has 1 aliphatic heterocycles. The highest BCUT2D eigenvalue weighted by atomic mass is 19.1. The zero-order chi connectivity index (χ0) is 19.5. The molecule has 142 valence electrons. The van der Waals surface area contributed by atoms with Gasteiger partial charge in [0, 0.05) is 11.1 Å². The molecule has 1 aliphatic rings. The number of hydrogen-bond acceptors (Lipinski definition) is 6.